The summed E-state index contributed by atoms with van der Waals surface area (Å²) in [6, 6.07) is 0. The molecule has 0 aromatic carbocycles. The average molecular weight is 288 g/mol. The first kappa shape index (κ1) is 15.0. The average Bonchev–Trinajstić information content (AvgIpc) is 2.94. The second kappa shape index (κ2) is 5.39. The number of carbonyl (C=O) groups is 1. The highest BCUT2D eigenvalue weighted by Crippen LogP contribution is 2.52. The summed E-state index contributed by atoms with van der Waals surface area (Å²) >= 11 is 0. The number of carbonyl (C=O) groups excluding carboxylic acids is 1. The Morgan fingerprint density at radius 1 is 1.38 bits per heavy atom. The second-order valence-electron chi connectivity index (χ2n) is 7.59. The van der Waals surface area contributed by atoms with Gasteiger partial charge in [0.05, 0.1) is 6.61 Å². The molecule has 4 atom stereocenters. The highest BCUT2D eigenvalue weighted by molar-refractivity contribution is 5.84. The van der Waals surface area contributed by atoms with E-state index in [1.165, 1.54) is 29.6 Å². The van der Waals surface area contributed by atoms with Crippen LogP contribution in [0, 0.1) is 23.2 Å². The minimum atomic E-state index is 0.115. The number of ether oxygens (including phenoxy) is 1. The standard InChI is InChI=1S/C19H28O2/c1-12-7-8-19(3)10-16-14(11-21-4)5-6-15(16)13(2)18(20)9-17(12)19/h10,13-15H,5-9,11H2,1-4H3/b16-10-/t13-,14-,15?,19-/m1/s1. The maximum Gasteiger partial charge on any atom is 0.140 e. The van der Waals surface area contributed by atoms with Crippen LogP contribution in [0.3, 0.4) is 0 Å². The Kier molecular flexibility index (Phi) is 3.85. The zero-order valence-electron chi connectivity index (χ0n) is 13.9. The van der Waals surface area contributed by atoms with Crippen LogP contribution in [0.15, 0.2) is 22.8 Å². The van der Waals surface area contributed by atoms with Gasteiger partial charge in [-0.25, -0.2) is 0 Å². The third-order valence-electron chi connectivity index (χ3n) is 6.27. The zero-order chi connectivity index (χ0) is 15.2. The number of methoxy groups -OCH3 is 1. The fourth-order valence-electron chi connectivity index (χ4n) is 4.84. The van der Waals surface area contributed by atoms with E-state index in [0.29, 0.717) is 24.0 Å². The van der Waals surface area contributed by atoms with Gasteiger partial charge in [0.2, 0.25) is 0 Å². The molecule has 3 aliphatic carbocycles. The van der Waals surface area contributed by atoms with Crippen LogP contribution in [0.2, 0.25) is 0 Å². The van der Waals surface area contributed by atoms with Crippen LogP contribution < -0.4 is 0 Å². The molecule has 0 saturated heterocycles. The van der Waals surface area contributed by atoms with Crippen molar-refractivity contribution in [2.45, 2.75) is 52.9 Å². The molecular weight excluding hydrogens is 260 g/mol. The molecule has 0 aliphatic heterocycles. The Morgan fingerprint density at radius 2 is 2.14 bits per heavy atom. The van der Waals surface area contributed by atoms with Crippen molar-refractivity contribution in [3.63, 3.8) is 0 Å². The van der Waals surface area contributed by atoms with Crippen LogP contribution in [0.5, 0.6) is 0 Å². The number of Topliss-reactive ketones (excluding diaryl/α,β-unsaturated/α-hetero) is 1. The van der Waals surface area contributed by atoms with Crippen LogP contribution in [-0.2, 0) is 9.53 Å². The van der Waals surface area contributed by atoms with Crippen molar-refractivity contribution >= 4 is 5.78 Å². The first-order valence-electron chi connectivity index (χ1n) is 8.39. The summed E-state index contributed by atoms with van der Waals surface area (Å²) in [6.45, 7) is 7.51. The van der Waals surface area contributed by atoms with Crippen LogP contribution >= 0.6 is 0 Å². The van der Waals surface area contributed by atoms with Crippen molar-refractivity contribution in [1.82, 2.24) is 0 Å². The monoisotopic (exact) mass is 288 g/mol. The number of hydrogen-bond acceptors (Lipinski definition) is 2. The molecule has 21 heavy (non-hydrogen) atoms. The zero-order valence-corrected chi connectivity index (χ0v) is 13.9. The van der Waals surface area contributed by atoms with Crippen molar-refractivity contribution in [1.29, 1.82) is 0 Å². The first-order chi connectivity index (χ1) is 9.96. The number of fused-ring (bicyclic) bond motifs is 2. The van der Waals surface area contributed by atoms with Crippen molar-refractivity contribution in [2.24, 2.45) is 23.2 Å². The second-order valence-corrected chi connectivity index (χ2v) is 7.59. The maximum atomic E-state index is 12.7. The van der Waals surface area contributed by atoms with Gasteiger partial charge in [0.15, 0.2) is 0 Å². The van der Waals surface area contributed by atoms with Gasteiger partial charge in [0.1, 0.15) is 5.78 Å². The molecule has 0 N–H and O–H groups in total. The van der Waals surface area contributed by atoms with Gasteiger partial charge in [-0.3, -0.25) is 4.79 Å². The number of hydrogen-bond donors (Lipinski definition) is 0. The number of ketones is 1. The maximum absolute atomic E-state index is 12.7. The summed E-state index contributed by atoms with van der Waals surface area (Å²) in [7, 11) is 1.79. The van der Waals surface area contributed by atoms with E-state index in [2.05, 4.69) is 26.8 Å². The summed E-state index contributed by atoms with van der Waals surface area (Å²) in [6.07, 6.45) is 7.88. The molecule has 3 aliphatic rings. The van der Waals surface area contributed by atoms with Crippen LogP contribution in [0.1, 0.15) is 52.9 Å². The minimum Gasteiger partial charge on any atom is -0.384 e. The molecule has 1 unspecified atom stereocenters. The van der Waals surface area contributed by atoms with Gasteiger partial charge >= 0.3 is 0 Å². The molecule has 0 spiro atoms. The van der Waals surface area contributed by atoms with E-state index in [-0.39, 0.29) is 11.3 Å². The normalized spacial score (nSPS) is 42.2. The van der Waals surface area contributed by atoms with Crippen LogP contribution in [0.4, 0.5) is 0 Å². The van der Waals surface area contributed by atoms with Gasteiger partial charge in [-0.2, -0.15) is 0 Å². The molecule has 0 amide bonds. The Balaban J connectivity index is 2.06. The van der Waals surface area contributed by atoms with E-state index in [1.807, 2.05) is 0 Å². The molecule has 116 valence electrons. The lowest BCUT2D eigenvalue weighted by molar-refractivity contribution is -0.123. The van der Waals surface area contributed by atoms with Crippen molar-refractivity contribution in [3.05, 3.63) is 22.8 Å². The molecular formula is C19H28O2. The molecule has 0 radical (unpaired) electrons. The fourth-order valence-corrected chi connectivity index (χ4v) is 4.84. The fraction of sp³-hybridized carbons (Fsp3) is 0.737. The van der Waals surface area contributed by atoms with Gasteiger partial charge < -0.3 is 4.74 Å². The molecule has 0 heterocycles. The molecule has 0 aromatic rings. The molecule has 0 aromatic heterocycles. The molecule has 1 saturated carbocycles. The SMILES string of the molecule is COC[C@H]1CCC2/C1=C\[C@@]1(C)CCC(C)=C1CC(=O)[C@@H]2C. The van der Waals surface area contributed by atoms with Crippen molar-refractivity contribution in [2.75, 3.05) is 13.7 Å². The third-order valence-corrected chi connectivity index (χ3v) is 6.27. The Labute approximate surface area is 128 Å². The Hall–Kier alpha value is -0.890. The largest absolute Gasteiger partial charge is 0.384 e. The lowest BCUT2D eigenvalue weighted by Crippen LogP contribution is -2.29. The summed E-state index contributed by atoms with van der Waals surface area (Å²) in [5, 5.41) is 0. The lowest BCUT2D eigenvalue weighted by atomic mass is 9.71. The summed E-state index contributed by atoms with van der Waals surface area (Å²) in [4.78, 5) is 12.7. The minimum absolute atomic E-state index is 0.115. The van der Waals surface area contributed by atoms with Crippen molar-refractivity contribution in [3.8, 4) is 0 Å². The molecule has 1 fully saturated rings. The predicted molar refractivity (Wildman–Crippen MR) is 85.0 cm³/mol. The van der Waals surface area contributed by atoms with E-state index in [4.69, 9.17) is 4.74 Å². The van der Waals surface area contributed by atoms with Crippen LogP contribution in [-0.4, -0.2) is 19.5 Å². The van der Waals surface area contributed by atoms with Gasteiger partial charge in [-0.15, -0.1) is 0 Å². The van der Waals surface area contributed by atoms with Crippen molar-refractivity contribution < 1.29 is 9.53 Å². The van der Waals surface area contributed by atoms with E-state index in [1.54, 1.807) is 7.11 Å². The Morgan fingerprint density at radius 3 is 2.86 bits per heavy atom. The third kappa shape index (κ3) is 2.42. The van der Waals surface area contributed by atoms with Gasteiger partial charge in [-0.1, -0.05) is 36.6 Å². The predicted octanol–water partition coefficient (Wildman–Crippen LogP) is 4.31. The highest BCUT2D eigenvalue weighted by atomic mass is 16.5. The molecule has 0 bridgehead atoms. The van der Waals surface area contributed by atoms with Gasteiger partial charge in [0.25, 0.3) is 0 Å². The number of allylic oxidation sites excluding steroid dienone is 3. The summed E-state index contributed by atoms with van der Waals surface area (Å²) in [5.41, 5.74) is 4.50. The summed E-state index contributed by atoms with van der Waals surface area (Å²) in [5.74, 6) is 1.60. The topological polar surface area (TPSA) is 26.3 Å². The molecule has 2 nitrogen and oxygen atoms in total. The molecule has 2 heteroatoms. The van der Waals surface area contributed by atoms with Gasteiger partial charge in [0, 0.05) is 30.8 Å². The lowest BCUT2D eigenvalue weighted by Gasteiger charge is -2.33. The van der Waals surface area contributed by atoms with E-state index in [9.17, 15) is 4.79 Å². The smallest absolute Gasteiger partial charge is 0.140 e. The Bertz CT molecular complexity index is 514. The first-order valence-corrected chi connectivity index (χ1v) is 8.39. The summed E-state index contributed by atoms with van der Waals surface area (Å²) < 4.78 is 5.44. The quantitative estimate of drug-likeness (QED) is 0.708. The van der Waals surface area contributed by atoms with Crippen LogP contribution in [0.25, 0.3) is 0 Å². The highest BCUT2D eigenvalue weighted by Gasteiger charge is 2.43. The van der Waals surface area contributed by atoms with E-state index in [0.717, 1.165) is 19.4 Å². The van der Waals surface area contributed by atoms with E-state index >= 15 is 0 Å². The van der Waals surface area contributed by atoms with Gasteiger partial charge in [-0.05, 0) is 38.5 Å². The molecule has 3 rings (SSSR count). The van der Waals surface area contributed by atoms with E-state index < -0.39 is 0 Å². The number of rotatable bonds is 2.